The van der Waals surface area contributed by atoms with Gasteiger partial charge in [-0.25, -0.2) is 0 Å². The number of carbonyl (C=O) groups is 1. The lowest BCUT2D eigenvalue weighted by atomic mass is 10.1. The zero-order chi connectivity index (χ0) is 12.8. The Labute approximate surface area is 98.6 Å². The quantitative estimate of drug-likeness (QED) is 0.415. The van der Waals surface area contributed by atoms with Gasteiger partial charge in [-0.15, -0.1) is 0 Å². The highest BCUT2D eigenvalue weighted by Gasteiger charge is 2.21. The summed E-state index contributed by atoms with van der Waals surface area (Å²) in [5.74, 6) is 0.878. The van der Waals surface area contributed by atoms with Crippen molar-refractivity contribution in [2.75, 3.05) is 20.6 Å². The van der Waals surface area contributed by atoms with E-state index in [-0.39, 0.29) is 5.54 Å². The summed E-state index contributed by atoms with van der Waals surface area (Å²) < 4.78 is 0. The molecule has 0 saturated heterocycles. The first-order valence-electron chi connectivity index (χ1n) is 5.46. The topological polar surface area (TPSA) is 35.9 Å². The molecule has 1 amide bonds. The number of nitrogens with zero attached hydrogens (tertiary/aromatic N) is 3. The van der Waals surface area contributed by atoms with Crippen LogP contribution in [0, 0.1) is 0 Å². The molecule has 4 nitrogen and oxygen atoms in total. The summed E-state index contributed by atoms with van der Waals surface area (Å²) in [6, 6.07) is 0. The largest absolute Gasteiger partial charge is 0.352 e. The van der Waals surface area contributed by atoms with Gasteiger partial charge in [-0.05, 0) is 33.8 Å². The fourth-order valence-corrected chi connectivity index (χ4v) is 1.48. The molecule has 0 spiro atoms. The minimum absolute atomic E-state index is 0.0215. The Bertz CT molecular complexity index is 276. The molecule has 0 rings (SSSR count). The molecule has 92 valence electrons. The van der Waals surface area contributed by atoms with Gasteiger partial charge in [0.25, 0.3) is 0 Å². The average molecular weight is 225 g/mol. The van der Waals surface area contributed by atoms with Crippen LogP contribution < -0.4 is 0 Å². The second-order valence-electron chi connectivity index (χ2n) is 4.58. The maximum Gasteiger partial charge on any atom is 0.213 e. The highest BCUT2D eigenvalue weighted by atomic mass is 16.1. The van der Waals surface area contributed by atoms with E-state index in [1.54, 1.807) is 20.3 Å². The third-order valence-corrected chi connectivity index (χ3v) is 2.26. The van der Waals surface area contributed by atoms with Crippen LogP contribution in [-0.2, 0) is 4.79 Å². The minimum Gasteiger partial charge on any atom is -0.352 e. The molecule has 4 heteroatoms. The van der Waals surface area contributed by atoms with Gasteiger partial charge < -0.3 is 9.80 Å². The predicted molar refractivity (Wildman–Crippen MR) is 68.5 cm³/mol. The third kappa shape index (κ3) is 4.47. The van der Waals surface area contributed by atoms with Crippen molar-refractivity contribution in [3.8, 4) is 0 Å². The predicted octanol–water partition coefficient (Wildman–Crippen LogP) is 1.74. The average Bonchev–Trinajstić information content (AvgIpc) is 2.21. The SMILES string of the molecule is CCN(C(/C=C\N(C)C=O)=NC)C(C)(C)C. The van der Waals surface area contributed by atoms with E-state index in [0.29, 0.717) is 0 Å². The molecule has 16 heavy (non-hydrogen) atoms. The van der Waals surface area contributed by atoms with Gasteiger partial charge in [0.1, 0.15) is 5.84 Å². The van der Waals surface area contributed by atoms with Gasteiger partial charge in [-0.3, -0.25) is 9.79 Å². The summed E-state index contributed by atoms with van der Waals surface area (Å²) in [4.78, 5) is 18.4. The van der Waals surface area contributed by atoms with Crippen LogP contribution in [0.5, 0.6) is 0 Å². The normalized spacial score (nSPS) is 13.0. The molecule has 0 unspecified atom stereocenters. The molecular weight excluding hydrogens is 202 g/mol. The molecule has 0 aliphatic heterocycles. The van der Waals surface area contributed by atoms with Gasteiger partial charge in [0, 0.05) is 32.4 Å². The molecule has 0 fully saturated rings. The van der Waals surface area contributed by atoms with E-state index in [2.05, 4.69) is 37.6 Å². The lowest BCUT2D eigenvalue weighted by Gasteiger charge is -2.36. The molecule has 0 N–H and O–H groups in total. The van der Waals surface area contributed by atoms with Gasteiger partial charge in [0.15, 0.2) is 0 Å². The van der Waals surface area contributed by atoms with Crippen LogP contribution >= 0.6 is 0 Å². The molecular formula is C12H23N3O. The van der Waals surface area contributed by atoms with Gasteiger partial charge in [-0.2, -0.15) is 0 Å². The van der Waals surface area contributed by atoms with Crippen molar-refractivity contribution in [3.05, 3.63) is 12.3 Å². The van der Waals surface area contributed by atoms with Gasteiger partial charge in [0.05, 0.1) is 0 Å². The van der Waals surface area contributed by atoms with Crippen LogP contribution in [0.25, 0.3) is 0 Å². The maximum absolute atomic E-state index is 10.5. The third-order valence-electron chi connectivity index (χ3n) is 2.26. The number of carbonyl (C=O) groups excluding carboxylic acids is 1. The number of aliphatic imine (C=N–C) groups is 1. The first-order chi connectivity index (χ1) is 7.36. The molecule has 0 radical (unpaired) electrons. The van der Waals surface area contributed by atoms with E-state index >= 15 is 0 Å². The van der Waals surface area contributed by atoms with Crippen molar-refractivity contribution in [3.63, 3.8) is 0 Å². The van der Waals surface area contributed by atoms with E-state index in [0.717, 1.165) is 18.8 Å². The number of hydrogen-bond donors (Lipinski definition) is 0. The summed E-state index contributed by atoms with van der Waals surface area (Å²) in [6.07, 6.45) is 4.32. The smallest absolute Gasteiger partial charge is 0.213 e. The minimum atomic E-state index is 0.0215. The monoisotopic (exact) mass is 225 g/mol. The van der Waals surface area contributed by atoms with Crippen LogP contribution in [-0.4, -0.2) is 48.2 Å². The van der Waals surface area contributed by atoms with Crippen molar-refractivity contribution < 1.29 is 4.79 Å². The van der Waals surface area contributed by atoms with Crippen LogP contribution in [0.3, 0.4) is 0 Å². The Hall–Kier alpha value is -1.32. The number of likely N-dealkylation sites (N-methyl/N-ethyl adjacent to an activating group) is 1. The molecule has 0 heterocycles. The van der Waals surface area contributed by atoms with Crippen molar-refractivity contribution in [2.45, 2.75) is 33.2 Å². The van der Waals surface area contributed by atoms with Gasteiger partial charge in [0.2, 0.25) is 6.41 Å². The van der Waals surface area contributed by atoms with Gasteiger partial charge in [-0.1, -0.05) is 0 Å². The highest BCUT2D eigenvalue weighted by Crippen LogP contribution is 2.14. The van der Waals surface area contributed by atoms with E-state index in [1.165, 1.54) is 4.90 Å². The van der Waals surface area contributed by atoms with Crippen LogP contribution in [0.1, 0.15) is 27.7 Å². The molecule has 0 saturated carbocycles. The van der Waals surface area contributed by atoms with E-state index < -0.39 is 0 Å². The Morgan fingerprint density at radius 3 is 2.25 bits per heavy atom. The summed E-state index contributed by atoms with van der Waals surface area (Å²) in [5.41, 5.74) is 0.0215. The first kappa shape index (κ1) is 14.7. The Balaban J connectivity index is 4.86. The highest BCUT2D eigenvalue weighted by molar-refractivity contribution is 5.93. The number of amidine groups is 1. The summed E-state index contributed by atoms with van der Waals surface area (Å²) in [5, 5.41) is 0. The summed E-state index contributed by atoms with van der Waals surface area (Å²) in [6.45, 7) is 9.38. The molecule has 0 aliphatic carbocycles. The fourth-order valence-electron chi connectivity index (χ4n) is 1.48. The maximum atomic E-state index is 10.5. The van der Waals surface area contributed by atoms with Crippen molar-refractivity contribution >= 4 is 12.2 Å². The molecule has 0 aromatic heterocycles. The zero-order valence-corrected chi connectivity index (χ0v) is 11.2. The molecule has 0 atom stereocenters. The molecule has 0 aliphatic rings. The lowest BCUT2D eigenvalue weighted by Crippen LogP contribution is -2.44. The van der Waals surface area contributed by atoms with E-state index in [9.17, 15) is 4.79 Å². The second kappa shape index (κ2) is 6.30. The lowest BCUT2D eigenvalue weighted by molar-refractivity contribution is -0.114. The number of amides is 1. The second-order valence-corrected chi connectivity index (χ2v) is 4.58. The van der Waals surface area contributed by atoms with Crippen molar-refractivity contribution in [2.24, 2.45) is 4.99 Å². The molecule has 0 aromatic rings. The van der Waals surface area contributed by atoms with Crippen molar-refractivity contribution in [1.82, 2.24) is 9.80 Å². The van der Waals surface area contributed by atoms with Crippen LogP contribution in [0.15, 0.2) is 17.3 Å². The standard InChI is InChI=1S/C12H23N3O/c1-7-15(12(2,3)4)11(13-5)8-9-14(6)10-16/h8-10H,7H2,1-6H3/b9-8-,13-11?. The van der Waals surface area contributed by atoms with E-state index in [1.807, 2.05) is 6.08 Å². The Kier molecular flexibility index (Phi) is 5.78. The fraction of sp³-hybridized carbons (Fsp3) is 0.667. The first-order valence-corrected chi connectivity index (χ1v) is 5.46. The Morgan fingerprint density at radius 1 is 1.38 bits per heavy atom. The summed E-state index contributed by atoms with van der Waals surface area (Å²) >= 11 is 0. The molecule has 0 bridgehead atoms. The van der Waals surface area contributed by atoms with Crippen LogP contribution in [0.4, 0.5) is 0 Å². The van der Waals surface area contributed by atoms with Crippen LogP contribution in [0.2, 0.25) is 0 Å². The van der Waals surface area contributed by atoms with Crippen molar-refractivity contribution in [1.29, 1.82) is 0 Å². The number of rotatable bonds is 4. The zero-order valence-electron chi connectivity index (χ0n) is 11.2. The number of hydrogen-bond acceptors (Lipinski definition) is 2. The Morgan fingerprint density at radius 2 is 1.94 bits per heavy atom. The molecule has 0 aromatic carbocycles. The van der Waals surface area contributed by atoms with Gasteiger partial charge >= 0.3 is 0 Å². The van der Waals surface area contributed by atoms with E-state index in [4.69, 9.17) is 0 Å². The summed E-state index contributed by atoms with van der Waals surface area (Å²) in [7, 11) is 3.46.